The van der Waals surface area contributed by atoms with E-state index in [1.165, 1.54) is 37.4 Å². The molecule has 2 N–H and O–H groups in total. The van der Waals surface area contributed by atoms with Crippen LogP contribution in [0.3, 0.4) is 0 Å². The summed E-state index contributed by atoms with van der Waals surface area (Å²) in [5, 5.41) is 0. The molecule has 38 heavy (non-hydrogen) atoms. The first kappa shape index (κ1) is 27.1. The van der Waals surface area contributed by atoms with Gasteiger partial charge in [0, 0.05) is 35.1 Å². The predicted octanol–water partition coefficient (Wildman–Crippen LogP) is 6.59. The first-order valence-electron chi connectivity index (χ1n) is 12.1. The van der Waals surface area contributed by atoms with Crippen molar-refractivity contribution in [2.75, 3.05) is 7.11 Å². The number of nitrogens with zero attached hydrogens (tertiary/aromatic N) is 1. The van der Waals surface area contributed by atoms with Crippen LogP contribution in [-0.2, 0) is 19.1 Å². The number of hydrogen-bond donors (Lipinski definition) is 1. The van der Waals surface area contributed by atoms with Gasteiger partial charge in [0.05, 0.1) is 18.2 Å². The van der Waals surface area contributed by atoms with Crippen LogP contribution in [0.5, 0.6) is 5.75 Å². The van der Waals surface area contributed by atoms with Crippen molar-refractivity contribution in [3.63, 3.8) is 0 Å². The quantitative estimate of drug-likeness (QED) is 0.278. The van der Waals surface area contributed by atoms with Crippen LogP contribution in [0.15, 0.2) is 77.6 Å². The molecular formula is C30H28F4N2O2. The van der Waals surface area contributed by atoms with Gasteiger partial charge in [-0.05, 0) is 43.5 Å². The van der Waals surface area contributed by atoms with Gasteiger partial charge >= 0.3 is 6.18 Å². The Bertz CT molecular complexity index is 1510. The number of alkyl halides is 3. The van der Waals surface area contributed by atoms with Gasteiger partial charge in [-0.3, -0.25) is 4.79 Å². The monoisotopic (exact) mass is 524 g/mol. The Labute approximate surface area is 218 Å². The van der Waals surface area contributed by atoms with Crippen LogP contribution < -0.4 is 15.9 Å². The molecule has 0 aliphatic carbocycles. The van der Waals surface area contributed by atoms with Crippen LogP contribution in [0, 0.1) is 19.7 Å². The standard InChI is InChI=1S/C30H28F4N2O2/c1-18-23(16-25(35)20-10-5-4-6-11-20)29(37)27(22-13-9-15-26(38-3)28(22)31)19(2)36(18)17-21-12-7-8-14-24(21)30(32,33)34/h4-15,25H,16-17,35H2,1-3H3. The van der Waals surface area contributed by atoms with Crippen LogP contribution in [0.4, 0.5) is 17.6 Å². The lowest BCUT2D eigenvalue weighted by molar-refractivity contribution is -0.138. The second kappa shape index (κ2) is 10.8. The molecule has 1 aromatic heterocycles. The normalized spacial score (nSPS) is 12.4. The van der Waals surface area contributed by atoms with E-state index in [0.29, 0.717) is 17.0 Å². The van der Waals surface area contributed by atoms with E-state index in [-0.39, 0.29) is 35.4 Å². The molecule has 4 rings (SSSR count). The van der Waals surface area contributed by atoms with Gasteiger partial charge in [0.15, 0.2) is 17.0 Å². The molecule has 1 atom stereocenters. The molecule has 1 heterocycles. The van der Waals surface area contributed by atoms with E-state index in [1.807, 2.05) is 30.3 Å². The summed E-state index contributed by atoms with van der Waals surface area (Å²) in [7, 11) is 1.32. The Kier molecular flexibility index (Phi) is 7.73. The van der Waals surface area contributed by atoms with E-state index in [4.69, 9.17) is 10.5 Å². The maximum absolute atomic E-state index is 15.4. The minimum atomic E-state index is -4.56. The highest BCUT2D eigenvalue weighted by Gasteiger charge is 2.33. The highest BCUT2D eigenvalue weighted by Crippen LogP contribution is 2.34. The summed E-state index contributed by atoms with van der Waals surface area (Å²) in [6.07, 6.45) is -4.44. The summed E-state index contributed by atoms with van der Waals surface area (Å²) in [4.78, 5) is 13.9. The topological polar surface area (TPSA) is 57.2 Å². The second-order valence-corrected chi connectivity index (χ2v) is 9.14. The molecule has 0 amide bonds. The van der Waals surface area contributed by atoms with E-state index in [9.17, 15) is 18.0 Å². The van der Waals surface area contributed by atoms with Gasteiger partial charge in [0.2, 0.25) is 0 Å². The van der Waals surface area contributed by atoms with Crippen molar-refractivity contribution >= 4 is 0 Å². The lowest BCUT2D eigenvalue weighted by Crippen LogP contribution is -2.27. The van der Waals surface area contributed by atoms with Crippen molar-refractivity contribution < 1.29 is 22.3 Å². The zero-order chi connectivity index (χ0) is 27.6. The third kappa shape index (κ3) is 5.22. The third-order valence-corrected chi connectivity index (χ3v) is 6.86. The molecule has 3 aromatic carbocycles. The van der Waals surface area contributed by atoms with Crippen molar-refractivity contribution in [1.29, 1.82) is 0 Å². The maximum atomic E-state index is 15.4. The summed E-state index contributed by atoms with van der Waals surface area (Å²) in [6, 6.07) is 18.4. The van der Waals surface area contributed by atoms with Gasteiger partial charge in [0.1, 0.15) is 0 Å². The van der Waals surface area contributed by atoms with E-state index < -0.39 is 29.0 Å². The third-order valence-electron chi connectivity index (χ3n) is 6.86. The van der Waals surface area contributed by atoms with Gasteiger partial charge in [-0.25, -0.2) is 4.39 Å². The molecule has 1 unspecified atom stereocenters. The minimum Gasteiger partial charge on any atom is -0.494 e. The molecule has 0 spiro atoms. The number of methoxy groups -OCH3 is 1. The van der Waals surface area contributed by atoms with Crippen molar-refractivity contribution in [1.82, 2.24) is 4.57 Å². The molecule has 0 bridgehead atoms. The SMILES string of the molecule is COc1cccc(-c2c(C)n(Cc3ccccc3C(F)(F)F)c(C)c(CC(N)c3ccccc3)c2=O)c1F. The second-order valence-electron chi connectivity index (χ2n) is 9.14. The Morgan fingerprint density at radius 2 is 1.58 bits per heavy atom. The fraction of sp³-hybridized carbons (Fsp3) is 0.233. The van der Waals surface area contributed by atoms with Crippen LogP contribution in [0.1, 0.15) is 39.7 Å². The number of rotatable bonds is 7. The highest BCUT2D eigenvalue weighted by atomic mass is 19.4. The minimum absolute atomic E-state index is 0.0132. The van der Waals surface area contributed by atoms with E-state index in [0.717, 1.165) is 11.6 Å². The molecular weight excluding hydrogens is 496 g/mol. The van der Waals surface area contributed by atoms with Crippen molar-refractivity contribution in [2.24, 2.45) is 5.73 Å². The zero-order valence-electron chi connectivity index (χ0n) is 21.3. The largest absolute Gasteiger partial charge is 0.494 e. The first-order chi connectivity index (χ1) is 18.0. The lowest BCUT2D eigenvalue weighted by atomic mass is 9.93. The molecule has 8 heteroatoms. The fourth-order valence-corrected chi connectivity index (χ4v) is 4.83. The van der Waals surface area contributed by atoms with Crippen LogP contribution >= 0.6 is 0 Å². The van der Waals surface area contributed by atoms with Gasteiger partial charge in [-0.1, -0.05) is 60.7 Å². The molecule has 0 aliphatic rings. The van der Waals surface area contributed by atoms with Crippen LogP contribution in [0.25, 0.3) is 11.1 Å². The van der Waals surface area contributed by atoms with Gasteiger partial charge < -0.3 is 15.0 Å². The maximum Gasteiger partial charge on any atom is 0.416 e. The summed E-state index contributed by atoms with van der Waals surface area (Å²) in [5.41, 5.74) is 7.31. The molecule has 0 radical (unpaired) electrons. The number of halogens is 4. The number of hydrogen-bond acceptors (Lipinski definition) is 3. The van der Waals surface area contributed by atoms with E-state index in [2.05, 4.69) is 0 Å². The summed E-state index contributed by atoms with van der Waals surface area (Å²) in [6.45, 7) is 3.13. The average molecular weight is 525 g/mol. The molecule has 4 aromatic rings. The Morgan fingerprint density at radius 1 is 0.921 bits per heavy atom. The van der Waals surface area contributed by atoms with Crippen molar-refractivity contribution in [2.45, 2.75) is 39.0 Å². The zero-order valence-corrected chi connectivity index (χ0v) is 21.3. The smallest absolute Gasteiger partial charge is 0.416 e. The molecule has 0 aliphatic heterocycles. The predicted molar refractivity (Wildman–Crippen MR) is 140 cm³/mol. The molecule has 4 nitrogen and oxygen atoms in total. The van der Waals surface area contributed by atoms with Crippen LogP contribution in [-0.4, -0.2) is 11.7 Å². The summed E-state index contributed by atoms with van der Waals surface area (Å²) < 4.78 is 63.5. The Morgan fingerprint density at radius 3 is 2.24 bits per heavy atom. The fourth-order valence-electron chi connectivity index (χ4n) is 4.83. The van der Waals surface area contributed by atoms with Gasteiger partial charge in [0.25, 0.3) is 0 Å². The number of ether oxygens (including phenoxy) is 1. The Hall–Kier alpha value is -3.91. The summed E-state index contributed by atoms with van der Waals surface area (Å²) in [5.74, 6) is -0.766. The van der Waals surface area contributed by atoms with Crippen molar-refractivity contribution in [3.8, 4) is 16.9 Å². The Balaban J connectivity index is 1.96. The number of nitrogens with two attached hydrogens (primary N) is 1. The highest BCUT2D eigenvalue weighted by molar-refractivity contribution is 5.69. The van der Waals surface area contributed by atoms with Crippen molar-refractivity contribution in [3.05, 3.63) is 122 Å². The number of benzene rings is 3. The van der Waals surface area contributed by atoms with Crippen LogP contribution in [0.2, 0.25) is 0 Å². The van der Waals surface area contributed by atoms with E-state index in [1.54, 1.807) is 24.5 Å². The first-order valence-corrected chi connectivity index (χ1v) is 12.1. The van der Waals surface area contributed by atoms with Gasteiger partial charge in [-0.2, -0.15) is 13.2 Å². The van der Waals surface area contributed by atoms with Gasteiger partial charge in [-0.15, -0.1) is 0 Å². The number of aromatic nitrogens is 1. The molecule has 0 saturated carbocycles. The van der Waals surface area contributed by atoms with E-state index >= 15 is 4.39 Å². The molecule has 0 fully saturated rings. The molecule has 0 saturated heterocycles. The molecule has 198 valence electrons. The number of pyridine rings is 1. The lowest BCUT2D eigenvalue weighted by Gasteiger charge is -2.24. The summed E-state index contributed by atoms with van der Waals surface area (Å²) >= 11 is 0. The average Bonchev–Trinajstić information content (AvgIpc) is 2.90.